The zero-order valence-electron chi connectivity index (χ0n) is 22.5. The van der Waals surface area contributed by atoms with Crippen molar-refractivity contribution in [1.82, 2.24) is 0 Å². The molecule has 2 aliphatic carbocycles. The second-order valence-electron chi connectivity index (χ2n) is 10.8. The first-order valence-electron chi connectivity index (χ1n) is 13.2. The molecule has 2 heterocycles. The van der Waals surface area contributed by atoms with Gasteiger partial charge >= 0.3 is 5.97 Å². The predicted octanol–water partition coefficient (Wildman–Crippen LogP) is 6.30. The lowest BCUT2D eigenvalue weighted by Gasteiger charge is -2.34. The van der Waals surface area contributed by atoms with E-state index < -0.39 is 49.6 Å². The standard InChI is InChI=1S/C29H22Cl6N2O6/c1-3-42-16-6-4-15(5-7-16)36-12-14(11-19(36)38)26(41)43-17-8-9-18(13(2)10-17)37-24(39)20-21(25(37)40)28(33)23(31)22(30)27(20,32)29(28,34)35/h4-10,14,20-21H,3,11-12H2,1-2H3/t14-,20-,21+,27+,28+/m0/s1. The summed E-state index contributed by atoms with van der Waals surface area (Å²) in [5.74, 6) is -4.53. The van der Waals surface area contributed by atoms with E-state index >= 15 is 0 Å². The Morgan fingerprint density at radius 1 is 0.907 bits per heavy atom. The first kappa shape index (κ1) is 30.8. The van der Waals surface area contributed by atoms with Gasteiger partial charge in [0.25, 0.3) is 0 Å². The summed E-state index contributed by atoms with van der Waals surface area (Å²) < 4.78 is 9.01. The average molecular weight is 707 g/mol. The molecule has 2 aliphatic heterocycles. The number of nitrogens with zero attached hydrogens (tertiary/aromatic N) is 2. The van der Waals surface area contributed by atoms with Crippen LogP contribution in [0.3, 0.4) is 0 Å². The number of allylic oxidation sites excluding steroid dienone is 2. The highest BCUT2D eigenvalue weighted by Crippen LogP contribution is 2.77. The summed E-state index contributed by atoms with van der Waals surface area (Å²) in [5, 5.41) is -0.351. The molecule has 8 nitrogen and oxygen atoms in total. The van der Waals surface area contributed by atoms with Crippen LogP contribution in [0.5, 0.6) is 11.5 Å². The number of rotatable bonds is 6. The highest BCUT2D eigenvalue weighted by molar-refractivity contribution is 6.67. The molecule has 3 fully saturated rings. The van der Waals surface area contributed by atoms with Crippen molar-refractivity contribution in [2.45, 2.75) is 34.3 Å². The summed E-state index contributed by atoms with van der Waals surface area (Å²) in [4.78, 5) is 51.7. The van der Waals surface area contributed by atoms with Gasteiger partial charge in [-0.15, -0.1) is 23.2 Å². The van der Waals surface area contributed by atoms with Gasteiger partial charge in [-0.2, -0.15) is 0 Å². The predicted molar refractivity (Wildman–Crippen MR) is 165 cm³/mol. The minimum atomic E-state index is -2.03. The Labute approximate surface area is 276 Å². The van der Waals surface area contributed by atoms with Crippen molar-refractivity contribution < 1.29 is 28.7 Å². The van der Waals surface area contributed by atoms with Gasteiger partial charge in [0.05, 0.1) is 40.1 Å². The third-order valence-corrected chi connectivity index (χ3v) is 12.7. The number of fused-ring (bicyclic) bond motifs is 5. The summed E-state index contributed by atoms with van der Waals surface area (Å²) in [5.41, 5.74) is 1.32. The van der Waals surface area contributed by atoms with Crippen LogP contribution < -0.4 is 19.3 Å². The van der Waals surface area contributed by atoms with Crippen LogP contribution in [0.4, 0.5) is 11.4 Å². The van der Waals surface area contributed by atoms with Crippen LogP contribution in [0.1, 0.15) is 18.9 Å². The van der Waals surface area contributed by atoms with Gasteiger partial charge in [0.1, 0.15) is 21.2 Å². The zero-order valence-corrected chi connectivity index (χ0v) is 27.0. The number of esters is 1. The molecule has 6 rings (SSSR count). The van der Waals surface area contributed by atoms with Crippen LogP contribution in [0, 0.1) is 24.7 Å². The van der Waals surface area contributed by atoms with Gasteiger partial charge in [-0.3, -0.25) is 19.2 Å². The maximum absolute atomic E-state index is 13.7. The van der Waals surface area contributed by atoms with E-state index in [1.165, 1.54) is 23.1 Å². The lowest BCUT2D eigenvalue weighted by Crippen LogP contribution is -2.50. The fourth-order valence-corrected chi connectivity index (χ4v) is 9.31. The number of carbonyl (C=O) groups is 4. The number of aryl methyl sites for hydroxylation is 1. The zero-order chi connectivity index (χ0) is 31.2. The fraction of sp³-hybridized carbons (Fsp3) is 0.379. The van der Waals surface area contributed by atoms with Gasteiger partial charge in [-0.05, 0) is 61.9 Å². The molecule has 2 bridgehead atoms. The topological polar surface area (TPSA) is 93.2 Å². The third-order valence-electron chi connectivity index (χ3n) is 8.45. The molecule has 4 aliphatic rings. The van der Waals surface area contributed by atoms with Gasteiger partial charge in [0.15, 0.2) is 4.33 Å². The number of alkyl halides is 4. The SMILES string of the molecule is CCOc1ccc(N2C[C@@H](C(=O)Oc3ccc(N4C(=O)[C@@H]5[C@H](C4=O)[C@@]4(Cl)C(Cl)=C(Cl)[C@@]5(Cl)C4(Cl)Cl)c(C)c3)CC2=O)cc1. The summed E-state index contributed by atoms with van der Waals surface area (Å²) in [7, 11) is 0. The molecule has 226 valence electrons. The molecule has 0 spiro atoms. The van der Waals surface area contributed by atoms with Crippen LogP contribution >= 0.6 is 69.6 Å². The molecule has 5 atom stereocenters. The number of anilines is 2. The molecular formula is C29H22Cl6N2O6. The molecule has 3 amide bonds. The normalized spacial score (nSPS) is 30.9. The van der Waals surface area contributed by atoms with E-state index in [4.69, 9.17) is 79.1 Å². The van der Waals surface area contributed by atoms with Crippen molar-refractivity contribution >= 4 is 105 Å². The van der Waals surface area contributed by atoms with Gasteiger partial charge in [-0.25, -0.2) is 4.90 Å². The highest BCUT2D eigenvalue weighted by Gasteiger charge is 2.87. The second kappa shape index (κ2) is 10.4. The molecule has 1 saturated carbocycles. The quantitative estimate of drug-likeness (QED) is 0.152. The highest BCUT2D eigenvalue weighted by atomic mass is 35.5. The number of benzene rings is 2. The molecule has 2 aromatic carbocycles. The first-order valence-corrected chi connectivity index (χ1v) is 15.5. The Balaban J connectivity index is 1.18. The van der Waals surface area contributed by atoms with Crippen LogP contribution in [-0.4, -0.2) is 50.9 Å². The largest absolute Gasteiger partial charge is 0.494 e. The minimum Gasteiger partial charge on any atom is -0.494 e. The van der Waals surface area contributed by atoms with Gasteiger partial charge in [0.2, 0.25) is 17.7 Å². The average Bonchev–Trinajstić information content (AvgIpc) is 3.55. The van der Waals surface area contributed by atoms with Crippen molar-refractivity contribution in [3.63, 3.8) is 0 Å². The Bertz CT molecular complexity index is 1580. The van der Waals surface area contributed by atoms with Crippen LogP contribution in [0.15, 0.2) is 52.5 Å². The lowest BCUT2D eigenvalue weighted by molar-refractivity contribution is -0.139. The van der Waals surface area contributed by atoms with Crippen molar-refractivity contribution in [1.29, 1.82) is 0 Å². The van der Waals surface area contributed by atoms with Crippen molar-refractivity contribution in [3.8, 4) is 11.5 Å². The number of halogens is 6. The first-order chi connectivity index (χ1) is 20.2. The fourth-order valence-electron chi connectivity index (χ4n) is 6.38. The van der Waals surface area contributed by atoms with Gasteiger partial charge in [0, 0.05) is 18.7 Å². The molecule has 2 saturated heterocycles. The number of imide groups is 1. The Kier molecular flexibility index (Phi) is 7.47. The van der Waals surface area contributed by atoms with E-state index in [-0.39, 0.29) is 40.4 Å². The van der Waals surface area contributed by atoms with Crippen LogP contribution in [-0.2, 0) is 19.2 Å². The Morgan fingerprint density at radius 3 is 2.00 bits per heavy atom. The van der Waals surface area contributed by atoms with E-state index in [0.29, 0.717) is 23.6 Å². The van der Waals surface area contributed by atoms with E-state index in [0.717, 1.165) is 4.90 Å². The molecule has 14 heteroatoms. The maximum atomic E-state index is 13.7. The van der Waals surface area contributed by atoms with Crippen LogP contribution in [0.25, 0.3) is 0 Å². The Hall–Kier alpha value is -2.20. The van der Waals surface area contributed by atoms with E-state index in [2.05, 4.69) is 0 Å². The molecular weight excluding hydrogens is 685 g/mol. The van der Waals surface area contributed by atoms with Crippen molar-refractivity contribution in [3.05, 3.63) is 58.1 Å². The number of amides is 3. The molecule has 2 aromatic rings. The van der Waals surface area contributed by atoms with Crippen molar-refractivity contribution in [2.24, 2.45) is 17.8 Å². The molecule has 0 N–H and O–H groups in total. The summed E-state index contributed by atoms with van der Waals surface area (Å²) in [6.07, 6.45) is -0.00912. The third kappa shape index (κ3) is 4.10. The minimum absolute atomic E-state index is 0.00912. The Morgan fingerprint density at radius 2 is 1.47 bits per heavy atom. The molecule has 0 aromatic heterocycles. The van der Waals surface area contributed by atoms with Crippen molar-refractivity contribution in [2.75, 3.05) is 23.0 Å². The number of ether oxygens (including phenoxy) is 2. The summed E-state index contributed by atoms with van der Waals surface area (Å²) >= 11 is 39.4. The van der Waals surface area contributed by atoms with E-state index in [1.807, 2.05) is 6.92 Å². The summed E-state index contributed by atoms with van der Waals surface area (Å²) in [6.45, 7) is 4.20. The van der Waals surface area contributed by atoms with Gasteiger partial charge in [-0.1, -0.05) is 46.4 Å². The van der Waals surface area contributed by atoms with E-state index in [9.17, 15) is 19.2 Å². The van der Waals surface area contributed by atoms with E-state index in [1.54, 1.807) is 31.2 Å². The number of hydrogen-bond acceptors (Lipinski definition) is 6. The van der Waals surface area contributed by atoms with Gasteiger partial charge < -0.3 is 14.4 Å². The van der Waals surface area contributed by atoms with Crippen LogP contribution in [0.2, 0.25) is 0 Å². The molecule has 0 unspecified atom stereocenters. The molecule has 43 heavy (non-hydrogen) atoms. The second-order valence-corrected chi connectivity index (χ2v) is 14.1. The monoisotopic (exact) mass is 704 g/mol. The maximum Gasteiger partial charge on any atom is 0.316 e. The lowest BCUT2D eigenvalue weighted by atomic mass is 9.84. The smallest absolute Gasteiger partial charge is 0.316 e. The summed E-state index contributed by atoms with van der Waals surface area (Å²) in [6, 6.07) is 11.5. The number of carbonyl (C=O) groups excluding carboxylic acids is 4. The molecule has 0 radical (unpaired) electrons. The number of hydrogen-bond donors (Lipinski definition) is 0.